The zero-order valence-corrected chi connectivity index (χ0v) is 11.2. The van der Waals surface area contributed by atoms with Crippen LogP contribution in [0.4, 0.5) is 4.39 Å². The predicted molar refractivity (Wildman–Crippen MR) is 70.6 cm³/mol. The second-order valence-corrected chi connectivity index (χ2v) is 4.95. The first-order valence-corrected chi connectivity index (χ1v) is 6.58. The molecule has 0 aliphatic heterocycles. The van der Waals surface area contributed by atoms with Crippen LogP contribution in [0.2, 0.25) is 0 Å². The minimum absolute atomic E-state index is 0.292. The third kappa shape index (κ3) is 3.36. The molecule has 2 aromatic rings. The average Bonchev–Trinajstić information content (AvgIpc) is 2.84. The van der Waals surface area contributed by atoms with Crippen molar-refractivity contribution in [2.45, 2.75) is 13.1 Å². The molecule has 19 heavy (non-hydrogen) atoms. The largest absolute Gasteiger partial charge is 0.478 e. The maximum absolute atomic E-state index is 13.9. The van der Waals surface area contributed by atoms with Crippen molar-refractivity contribution in [1.29, 1.82) is 0 Å². The summed E-state index contributed by atoms with van der Waals surface area (Å²) in [5, 5.41) is 10.8. The summed E-state index contributed by atoms with van der Waals surface area (Å²) >= 11 is 1.51. The van der Waals surface area contributed by atoms with Crippen LogP contribution in [0.3, 0.4) is 0 Å². The van der Waals surface area contributed by atoms with Crippen LogP contribution < -0.4 is 0 Å². The molecule has 100 valence electrons. The number of hydrogen-bond donors (Lipinski definition) is 1. The van der Waals surface area contributed by atoms with Crippen molar-refractivity contribution >= 4 is 17.3 Å². The van der Waals surface area contributed by atoms with Crippen LogP contribution in [-0.4, -0.2) is 28.0 Å². The predicted octanol–water partition coefficient (Wildman–Crippen LogP) is 2.61. The molecule has 4 nitrogen and oxygen atoms in total. The Morgan fingerprint density at radius 1 is 1.47 bits per heavy atom. The van der Waals surface area contributed by atoms with Crippen LogP contribution >= 0.6 is 11.3 Å². The minimum Gasteiger partial charge on any atom is -0.478 e. The van der Waals surface area contributed by atoms with Crippen LogP contribution in [0.5, 0.6) is 0 Å². The van der Waals surface area contributed by atoms with Gasteiger partial charge in [-0.1, -0.05) is 12.1 Å². The lowest BCUT2D eigenvalue weighted by atomic mass is 10.1. The van der Waals surface area contributed by atoms with E-state index in [1.54, 1.807) is 17.6 Å². The van der Waals surface area contributed by atoms with Crippen molar-refractivity contribution in [1.82, 2.24) is 9.88 Å². The zero-order valence-electron chi connectivity index (χ0n) is 10.3. The molecular formula is C13H13FN2O2S. The smallest absolute Gasteiger partial charge is 0.338 e. The van der Waals surface area contributed by atoms with Crippen molar-refractivity contribution < 1.29 is 14.3 Å². The van der Waals surface area contributed by atoms with E-state index in [9.17, 15) is 9.18 Å². The fourth-order valence-corrected chi connectivity index (χ4v) is 2.36. The number of rotatable bonds is 5. The number of aromatic nitrogens is 1. The molecule has 0 aliphatic rings. The van der Waals surface area contributed by atoms with E-state index >= 15 is 0 Å². The van der Waals surface area contributed by atoms with Crippen molar-refractivity contribution in [3.63, 3.8) is 0 Å². The van der Waals surface area contributed by atoms with E-state index in [0.717, 1.165) is 5.69 Å². The number of carboxylic acid groups (broad SMARTS) is 1. The summed E-state index contributed by atoms with van der Waals surface area (Å²) in [7, 11) is 1.84. The van der Waals surface area contributed by atoms with Gasteiger partial charge in [0, 0.05) is 24.0 Å². The molecule has 1 N–H and O–H groups in total. The van der Waals surface area contributed by atoms with Crippen LogP contribution in [-0.2, 0) is 13.1 Å². The molecule has 1 aromatic heterocycles. The molecular weight excluding hydrogens is 267 g/mol. The van der Waals surface area contributed by atoms with E-state index in [-0.39, 0.29) is 5.56 Å². The highest BCUT2D eigenvalue weighted by atomic mass is 32.1. The number of aromatic carboxylic acids is 1. The molecule has 0 saturated heterocycles. The lowest BCUT2D eigenvalue weighted by molar-refractivity contribution is 0.0691. The lowest BCUT2D eigenvalue weighted by Crippen LogP contribution is -2.19. The fraction of sp³-hybridized carbons (Fsp3) is 0.231. The van der Waals surface area contributed by atoms with E-state index in [0.29, 0.717) is 18.7 Å². The molecule has 0 amide bonds. The number of hydrogen-bond acceptors (Lipinski definition) is 4. The van der Waals surface area contributed by atoms with Gasteiger partial charge in [0.25, 0.3) is 0 Å². The minimum atomic E-state index is -1.25. The number of nitrogens with zero attached hydrogens (tertiary/aromatic N) is 2. The Morgan fingerprint density at radius 2 is 2.26 bits per heavy atom. The van der Waals surface area contributed by atoms with Gasteiger partial charge in [-0.05, 0) is 13.1 Å². The first-order valence-electron chi connectivity index (χ1n) is 5.64. The number of benzene rings is 1. The normalized spacial score (nSPS) is 10.9. The van der Waals surface area contributed by atoms with Crippen LogP contribution in [0.1, 0.15) is 21.6 Å². The summed E-state index contributed by atoms with van der Waals surface area (Å²) in [4.78, 5) is 16.9. The Balaban J connectivity index is 2.10. The third-order valence-electron chi connectivity index (χ3n) is 2.66. The van der Waals surface area contributed by atoms with Gasteiger partial charge in [0.15, 0.2) is 0 Å². The Hall–Kier alpha value is -1.79. The molecule has 1 heterocycles. The molecule has 6 heteroatoms. The zero-order chi connectivity index (χ0) is 13.8. The van der Waals surface area contributed by atoms with Gasteiger partial charge in [0.2, 0.25) is 0 Å². The van der Waals surface area contributed by atoms with Crippen molar-refractivity contribution in [3.05, 3.63) is 51.7 Å². The Morgan fingerprint density at radius 3 is 2.89 bits per heavy atom. The highest BCUT2D eigenvalue weighted by Crippen LogP contribution is 2.16. The lowest BCUT2D eigenvalue weighted by Gasteiger charge is -2.16. The number of carboxylic acids is 1. The summed E-state index contributed by atoms with van der Waals surface area (Å²) in [6.45, 7) is 0.935. The van der Waals surface area contributed by atoms with E-state index in [1.807, 2.05) is 17.3 Å². The van der Waals surface area contributed by atoms with E-state index in [4.69, 9.17) is 5.11 Å². The Kier molecular flexibility index (Phi) is 4.24. The quantitative estimate of drug-likeness (QED) is 0.914. The van der Waals surface area contributed by atoms with Crippen molar-refractivity contribution in [2.75, 3.05) is 7.05 Å². The third-order valence-corrected chi connectivity index (χ3v) is 3.30. The summed E-state index contributed by atoms with van der Waals surface area (Å²) in [5.74, 6) is -1.92. The first kappa shape index (κ1) is 13.6. The molecule has 0 atom stereocenters. The standard InChI is InChI=1S/C13H13FN2O2S/c1-16(6-10-7-19-8-15-10)5-9-3-2-4-11(12(9)14)13(17)18/h2-4,7-8H,5-6H2,1H3,(H,17,18). The second-order valence-electron chi connectivity index (χ2n) is 4.24. The summed E-state index contributed by atoms with van der Waals surface area (Å²) < 4.78 is 13.9. The maximum atomic E-state index is 13.9. The molecule has 0 fully saturated rings. The van der Waals surface area contributed by atoms with Gasteiger partial charge in [0.05, 0.1) is 16.8 Å². The Labute approximate surface area is 114 Å². The average molecular weight is 280 g/mol. The van der Waals surface area contributed by atoms with Gasteiger partial charge in [-0.2, -0.15) is 0 Å². The van der Waals surface area contributed by atoms with Gasteiger partial charge >= 0.3 is 5.97 Å². The summed E-state index contributed by atoms with van der Waals surface area (Å²) in [5.41, 5.74) is 2.74. The second kappa shape index (κ2) is 5.90. The molecule has 2 rings (SSSR count). The van der Waals surface area contributed by atoms with Crippen LogP contribution in [0.25, 0.3) is 0 Å². The number of halogens is 1. The van der Waals surface area contributed by atoms with Gasteiger partial charge in [-0.25, -0.2) is 14.2 Å². The van der Waals surface area contributed by atoms with Crippen molar-refractivity contribution in [3.8, 4) is 0 Å². The van der Waals surface area contributed by atoms with Crippen molar-refractivity contribution in [2.24, 2.45) is 0 Å². The van der Waals surface area contributed by atoms with Crippen LogP contribution in [0.15, 0.2) is 29.1 Å². The molecule has 1 aromatic carbocycles. The van der Waals surface area contributed by atoms with E-state index < -0.39 is 11.8 Å². The van der Waals surface area contributed by atoms with Crippen LogP contribution in [0, 0.1) is 5.82 Å². The van der Waals surface area contributed by atoms with E-state index in [2.05, 4.69) is 4.98 Å². The van der Waals surface area contributed by atoms with Gasteiger partial charge in [-0.3, -0.25) is 4.90 Å². The number of carbonyl (C=O) groups is 1. The maximum Gasteiger partial charge on any atom is 0.338 e. The van der Waals surface area contributed by atoms with E-state index in [1.165, 1.54) is 17.4 Å². The highest BCUT2D eigenvalue weighted by molar-refractivity contribution is 7.07. The Bertz CT molecular complexity index is 572. The molecule has 0 saturated carbocycles. The van der Waals surface area contributed by atoms with Gasteiger partial charge in [-0.15, -0.1) is 11.3 Å². The van der Waals surface area contributed by atoms with Gasteiger partial charge in [0.1, 0.15) is 5.82 Å². The van der Waals surface area contributed by atoms with Gasteiger partial charge < -0.3 is 5.11 Å². The molecule has 0 spiro atoms. The fourth-order valence-electron chi connectivity index (χ4n) is 1.81. The highest BCUT2D eigenvalue weighted by Gasteiger charge is 2.15. The SMILES string of the molecule is CN(Cc1cscn1)Cc1cccc(C(=O)O)c1F. The molecule has 0 radical (unpaired) electrons. The number of thiazole rings is 1. The topological polar surface area (TPSA) is 53.4 Å². The molecule has 0 unspecified atom stereocenters. The summed E-state index contributed by atoms with van der Waals surface area (Å²) in [6, 6.07) is 4.42. The molecule has 0 aliphatic carbocycles. The summed E-state index contributed by atoms with van der Waals surface area (Å²) in [6.07, 6.45) is 0. The first-order chi connectivity index (χ1) is 9.08. The molecule has 0 bridgehead atoms. The monoisotopic (exact) mass is 280 g/mol.